The highest BCUT2D eigenvalue weighted by molar-refractivity contribution is 5.71. The highest BCUT2D eigenvalue weighted by atomic mass is 16.5. The van der Waals surface area contributed by atoms with Crippen LogP contribution in [0.5, 0.6) is 5.75 Å². The third kappa shape index (κ3) is 2.72. The zero-order valence-corrected chi connectivity index (χ0v) is 9.33. The lowest BCUT2D eigenvalue weighted by Gasteiger charge is -2.12. The van der Waals surface area contributed by atoms with Gasteiger partial charge in [-0.1, -0.05) is 6.07 Å². The van der Waals surface area contributed by atoms with Gasteiger partial charge in [0.1, 0.15) is 5.75 Å². The van der Waals surface area contributed by atoms with Crippen LogP contribution in [0.1, 0.15) is 23.6 Å². The molecule has 0 saturated carbocycles. The summed E-state index contributed by atoms with van der Waals surface area (Å²) in [5.74, 6) is 0.0331. The molecule has 3 nitrogen and oxygen atoms in total. The van der Waals surface area contributed by atoms with Crippen molar-refractivity contribution in [2.24, 2.45) is 0 Å². The highest BCUT2D eigenvalue weighted by Crippen LogP contribution is 2.24. The number of ether oxygens (including phenoxy) is 1. The average molecular weight is 208 g/mol. The van der Waals surface area contributed by atoms with Gasteiger partial charge >= 0.3 is 5.97 Å². The largest absolute Gasteiger partial charge is 0.494 e. The third-order valence-electron chi connectivity index (χ3n) is 2.49. The van der Waals surface area contributed by atoms with Crippen molar-refractivity contribution >= 4 is 5.97 Å². The smallest absolute Gasteiger partial charge is 0.307 e. The summed E-state index contributed by atoms with van der Waals surface area (Å²) >= 11 is 0. The fraction of sp³-hybridized carbons (Fsp3) is 0.417. The lowest BCUT2D eigenvalue weighted by Crippen LogP contribution is -2.04. The standard InChI is InChI=1S/C12H16O3/c1-4-15-11-6-5-10(7-12(13)14)8(2)9(11)3/h5-6H,4,7H2,1-3H3,(H,13,14). The maximum Gasteiger partial charge on any atom is 0.307 e. The average Bonchev–Trinajstić information content (AvgIpc) is 2.17. The maximum atomic E-state index is 10.6. The number of carbonyl (C=O) groups is 1. The van der Waals surface area contributed by atoms with Gasteiger partial charge in [0, 0.05) is 0 Å². The molecule has 0 aromatic heterocycles. The molecule has 0 amide bonds. The van der Waals surface area contributed by atoms with Crippen LogP contribution in [0.3, 0.4) is 0 Å². The van der Waals surface area contributed by atoms with Crippen molar-refractivity contribution in [1.82, 2.24) is 0 Å². The first kappa shape index (κ1) is 11.6. The van der Waals surface area contributed by atoms with E-state index in [1.54, 1.807) is 0 Å². The number of aliphatic carboxylic acids is 1. The van der Waals surface area contributed by atoms with Gasteiger partial charge < -0.3 is 9.84 Å². The monoisotopic (exact) mass is 208 g/mol. The van der Waals surface area contributed by atoms with Crippen molar-refractivity contribution in [2.75, 3.05) is 6.61 Å². The summed E-state index contributed by atoms with van der Waals surface area (Å²) in [5.41, 5.74) is 2.88. The molecule has 0 spiro atoms. The van der Waals surface area contributed by atoms with E-state index >= 15 is 0 Å². The predicted molar refractivity (Wildman–Crippen MR) is 58.4 cm³/mol. The van der Waals surface area contributed by atoms with Crippen molar-refractivity contribution in [3.63, 3.8) is 0 Å². The van der Waals surface area contributed by atoms with E-state index in [0.29, 0.717) is 6.61 Å². The third-order valence-corrected chi connectivity index (χ3v) is 2.49. The van der Waals surface area contributed by atoms with E-state index in [9.17, 15) is 4.79 Å². The first-order valence-corrected chi connectivity index (χ1v) is 5.00. The number of hydrogen-bond acceptors (Lipinski definition) is 2. The first-order chi connectivity index (χ1) is 7.06. The molecule has 0 aliphatic rings. The van der Waals surface area contributed by atoms with Gasteiger partial charge in [-0.3, -0.25) is 4.79 Å². The quantitative estimate of drug-likeness (QED) is 0.826. The molecule has 0 aliphatic carbocycles. The van der Waals surface area contributed by atoms with Crippen LogP contribution < -0.4 is 4.74 Å². The van der Waals surface area contributed by atoms with Gasteiger partial charge in [0.15, 0.2) is 0 Å². The Morgan fingerprint density at radius 3 is 2.53 bits per heavy atom. The van der Waals surface area contributed by atoms with Crippen LogP contribution in [0.25, 0.3) is 0 Å². The summed E-state index contributed by atoms with van der Waals surface area (Å²) in [6.07, 6.45) is 0.0685. The molecule has 3 heteroatoms. The van der Waals surface area contributed by atoms with Crippen molar-refractivity contribution in [2.45, 2.75) is 27.2 Å². The van der Waals surface area contributed by atoms with E-state index in [0.717, 1.165) is 22.4 Å². The SMILES string of the molecule is CCOc1ccc(CC(=O)O)c(C)c1C. The van der Waals surface area contributed by atoms with Crippen LogP contribution in [-0.2, 0) is 11.2 Å². The second-order valence-corrected chi connectivity index (χ2v) is 3.48. The van der Waals surface area contributed by atoms with Gasteiger partial charge in [-0.25, -0.2) is 0 Å². The molecule has 15 heavy (non-hydrogen) atoms. The molecule has 1 aromatic carbocycles. The van der Waals surface area contributed by atoms with Crippen LogP contribution in [0.4, 0.5) is 0 Å². The van der Waals surface area contributed by atoms with Crippen LogP contribution in [0.2, 0.25) is 0 Å². The number of carboxylic acids is 1. The van der Waals surface area contributed by atoms with Crippen molar-refractivity contribution < 1.29 is 14.6 Å². The first-order valence-electron chi connectivity index (χ1n) is 5.00. The summed E-state index contributed by atoms with van der Waals surface area (Å²) in [7, 11) is 0. The summed E-state index contributed by atoms with van der Waals surface area (Å²) in [6.45, 7) is 6.43. The molecule has 0 aliphatic heterocycles. The summed E-state index contributed by atoms with van der Waals surface area (Å²) < 4.78 is 5.43. The minimum atomic E-state index is -0.804. The van der Waals surface area contributed by atoms with E-state index < -0.39 is 5.97 Å². The minimum absolute atomic E-state index is 0.0685. The number of benzene rings is 1. The van der Waals surface area contributed by atoms with Gasteiger partial charge in [0.2, 0.25) is 0 Å². The van der Waals surface area contributed by atoms with Gasteiger partial charge in [-0.15, -0.1) is 0 Å². The lowest BCUT2D eigenvalue weighted by molar-refractivity contribution is -0.136. The van der Waals surface area contributed by atoms with E-state index in [4.69, 9.17) is 9.84 Å². The Hall–Kier alpha value is -1.51. The highest BCUT2D eigenvalue weighted by Gasteiger charge is 2.09. The second kappa shape index (κ2) is 4.82. The molecular weight excluding hydrogens is 192 g/mol. The molecular formula is C12H16O3. The lowest BCUT2D eigenvalue weighted by atomic mass is 10.0. The van der Waals surface area contributed by atoms with Crippen molar-refractivity contribution in [3.8, 4) is 5.75 Å². The molecule has 0 heterocycles. The fourth-order valence-electron chi connectivity index (χ4n) is 1.52. The zero-order valence-electron chi connectivity index (χ0n) is 9.33. The summed E-state index contributed by atoms with van der Waals surface area (Å²) in [6, 6.07) is 3.66. The van der Waals surface area contributed by atoms with Gasteiger partial charge in [0.05, 0.1) is 13.0 Å². The van der Waals surface area contributed by atoms with Gasteiger partial charge in [-0.2, -0.15) is 0 Å². The normalized spacial score (nSPS) is 10.1. The van der Waals surface area contributed by atoms with Crippen LogP contribution in [-0.4, -0.2) is 17.7 Å². The molecule has 0 fully saturated rings. The Labute approximate surface area is 89.7 Å². The van der Waals surface area contributed by atoms with Crippen molar-refractivity contribution in [1.29, 1.82) is 0 Å². The van der Waals surface area contributed by atoms with Crippen LogP contribution >= 0.6 is 0 Å². The van der Waals surface area contributed by atoms with Crippen LogP contribution in [0, 0.1) is 13.8 Å². The summed E-state index contributed by atoms with van der Waals surface area (Å²) in [4.78, 5) is 10.6. The topological polar surface area (TPSA) is 46.5 Å². The van der Waals surface area contributed by atoms with E-state index in [2.05, 4.69) is 0 Å². The molecule has 82 valence electrons. The Morgan fingerprint density at radius 1 is 1.33 bits per heavy atom. The molecule has 1 rings (SSSR count). The number of rotatable bonds is 4. The van der Waals surface area contributed by atoms with Gasteiger partial charge in [-0.05, 0) is 43.5 Å². The van der Waals surface area contributed by atoms with E-state index in [1.165, 1.54) is 0 Å². The minimum Gasteiger partial charge on any atom is -0.494 e. The molecule has 0 saturated heterocycles. The molecule has 1 aromatic rings. The molecule has 0 atom stereocenters. The second-order valence-electron chi connectivity index (χ2n) is 3.48. The zero-order chi connectivity index (χ0) is 11.4. The Kier molecular flexibility index (Phi) is 3.72. The molecule has 0 radical (unpaired) electrons. The molecule has 0 bridgehead atoms. The Balaban J connectivity index is 3.03. The molecule has 1 N–H and O–H groups in total. The Bertz CT molecular complexity index is 369. The maximum absolute atomic E-state index is 10.6. The number of carboxylic acid groups (broad SMARTS) is 1. The van der Waals surface area contributed by atoms with E-state index in [1.807, 2.05) is 32.9 Å². The van der Waals surface area contributed by atoms with E-state index in [-0.39, 0.29) is 6.42 Å². The fourth-order valence-corrected chi connectivity index (χ4v) is 1.52. The number of hydrogen-bond donors (Lipinski definition) is 1. The molecule has 0 unspecified atom stereocenters. The summed E-state index contributed by atoms with van der Waals surface area (Å²) in [5, 5.41) is 8.72. The van der Waals surface area contributed by atoms with Gasteiger partial charge in [0.25, 0.3) is 0 Å². The predicted octanol–water partition coefficient (Wildman–Crippen LogP) is 2.33. The Morgan fingerprint density at radius 2 is 2.00 bits per heavy atom. The van der Waals surface area contributed by atoms with Crippen LogP contribution in [0.15, 0.2) is 12.1 Å². The van der Waals surface area contributed by atoms with Crippen molar-refractivity contribution in [3.05, 3.63) is 28.8 Å².